The van der Waals surface area contributed by atoms with Gasteiger partial charge in [-0.3, -0.25) is 0 Å². The molecule has 100 valence electrons. The van der Waals surface area contributed by atoms with Crippen LogP contribution in [0.1, 0.15) is 18.5 Å². The number of rotatable bonds is 5. The molecule has 0 spiro atoms. The number of halogens is 2. The number of hydrogen-bond donors (Lipinski definition) is 2. The summed E-state index contributed by atoms with van der Waals surface area (Å²) in [6.07, 6.45) is 0. The standard InChI is InChI=1S/C12H16F2N2OS/c1-8(16-12(18)15-5-6-17-2)10-4-3-9(13)7-11(10)14/h3-4,7-8H,5-6H2,1-2H3,(H2,15,16,18)/t8-/m0/s1. The van der Waals surface area contributed by atoms with E-state index in [9.17, 15) is 8.78 Å². The Morgan fingerprint density at radius 1 is 1.44 bits per heavy atom. The second-order valence-corrected chi connectivity index (χ2v) is 4.19. The van der Waals surface area contributed by atoms with Crippen molar-refractivity contribution in [2.45, 2.75) is 13.0 Å². The van der Waals surface area contributed by atoms with E-state index in [-0.39, 0.29) is 6.04 Å². The van der Waals surface area contributed by atoms with Crippen LogP contribution in [0.5, 0.6) is 0 Å². The molecular weight excluding hydrogens is 258 g/mol. The Bertz CT molecular complexity index is 415. The van der Waals surface area contributed by atoms with Crippen molar-refractivity contribution >= 4 is 17.3 Å². The number of nitrogens with one attached hydrogen (secondary N) is 2. The van der Waals surface area contributed by atoms with E-state index in [1.807, 2.05) is 0 Å². The minimum atomic E-state index is -0.593. The average Bonchev–Trinajstić information content (AvgIpc) is 2.28. The summed E-state index contributed by atoms with van der Waals surface area (Å²) in [6.45, 7) is 2.85. The van der Waals surface area contributed by atoms with Crippen LogP contribution in [0, 0.1) is 11.6 Å². The molecule has 0 unspecified atom stereocenters. The van der Waals surface area contributed by atoms with Crippen LogP contribution in [0.2, 0.25) is 0 Å². The summed E-state index contributed by atoms with van der Waals surface area (Å²) in [5.41, 5.74) is 0.368. The normalized spacial score (nSPS) is 12.0. The highest BCUT2D eigenvalue weighted by Gasteiger charge is 2.12. The van der Waals surface area contributed by atoms with Gasteiger partial charge in [0.25, 0.3) is 0 Å². The highest BCUT2D eigenvalue weighted by molar-refractivity contribution is 7.80. The second kappa shape index (κ2) is 7.23. The van der Waals surface area contributed by atoms with Crippen molar-refractivity contribution < 1.29 is 13.5 Å². The molecule has 0 aliphatic carbocycles. The van der Waals surface area contributed by atoms with Gasteiger partial charge in [0, 0.05) is 25.3 Å². The Morgan fingerprint density at radius 2 is 2.17 bits per heavy atom. The van der Waals surface area contributed by atoms with Crippen LogP contribution in [-0.4, -0.2) is 25.4 Å². The first kappa shape index (κ1) is 14.8. The fourth-order valence-corrected chi connectivity index (χ4v) is 1.72. The zero-order valence-corrected chi connectivity index (χ0v) is 11.1. The molecule has 0 heterocycles. The molecule has 2 N–H and O–H groups in total. The smallest absolute Gasteiger partial charge is 0.166 e. The van der Waals surface area contributed by atoms with Gasteiger partial charge in [0.15, 0.2) is 5.11 Å². The predicted molar refractivity (Wildman–Crippen MR) is 70.4 cm³/mol. The first-order valence-corrected chi connectivity index (χ1v) is 5.93. The van der Waals surface area contributed by atoms with Crippen molar-refractivity contribution in [1.29, 1.82) is 0 Å². The molecule has 1 aromatic carbocycles. The summed E-state index contributed by atoms with van der Waals surface area (Å²) in [5, 5.41) is 6.24. The highest BCUT2D eigenvalue weighted by atomic mass is 32.1. The van der Waals surface area contributed by atoms with E-state index < -0.39 is 11.6 Å². The van der Waals surface area contributed by atoms with Gasteiger partial charge in [-0.25, -0.2) is 8.78 Å². The van der Waals surface area contributed by atoms with E-state index in [2.05, 4.69) is 10.6 Å². The lowest BCUT2D eigenvalue weighted by molar-refractivity contribution is 0.204. The van der Waals surface area contributed by atoms with E-state index in [0.717, 1.165) is 6.07 Å². The maximum absolute atomic E-state index is 13.5. The lowest BCUT2D eigenvalue weighted by Gasteiger charge is -2.17. The first-order chi connectivity index (χ1) is 8.54. The van der Waals surface area contributed by atoms with Crippen molar-refractivity contribution in [3.8, 4) is 0 Å². The molecule has 1 rings (SSSR count). The number of hydrogen-bond acceptors (Lipinski definition) is 2. The van der Waals surface area contributed by atoms with Gasteiger partial charge in [0.1, 0.15) is 11.6 Å². The van der Waals surface area contributed by atoms with E-state index in [1.165, 1.54) is 12.1 Å². The van der Waals surface area contributed by atoms with Crippen molar-refractivity contribution in [3.05, 3.63) is 35.4 Å². The third kappa shape index (κ3) is 4.54. The number of benzene rings is 1. The molecule has 1 atom stereocenters. The molecule has 0 amide bonds. The zero-order valence-electron chi connectivity index (χ0n) is 10.3. The van der Waals surface area contributed by atoms with Gasteiger partial charge in [0.05, 0.1) is 12.6 Å². The fraction of sp³-hybridized carbons (Fsp3) is 0.417. The molecule has 0 aliphatic rings. The van der Waals surface area contributed by atoms with Crippen molar-refractivity contribution in [2.24, 2.45) is 0 Å². The van der Waals surface area contributed by atoms with Gasteiger partial charge in [-0.15, -0.1) is 0 Å². The Hall–Kier alpha value is -1.27. The Kier molecular flexibility index (Phi) is 5.94. The van der Waals surface area contributed by atoms with Gasteiger partial charge in [-0.05, 0) is 25.2 Å². The third-order valence-corrected chi connectivity index (χ3v) is 2.63. The zero-order chi connectivity index (χ0) is 13.5. The minimum absolute atomic E-state index is 0.340. The van der Waals surface area contributed by atoms with E-state index >= 15 is 0 Å². The monoisotopic (exact) mass is 274 g/mol. The van der Waals surface area contributed by atoms with Crippen LogP contribution in [0.15, 0.2) is 18.2 Å². The summed E-state index contributed by atoms with van der Waals surface area (Å²) in [6, 6.07) is 3.14. The highest BCUT2D eigenvalue weighted by Crippen LogP contribution is 2.17. The van der Waals surface area contributed by atoms with E-state index in [0.29, 0.717) is 23.8 Å². The lowest BCUT2D eigenvalue weighted by atomic mass is 10.1. The fourth-order valence-electron chi connectivity index (χ4n) is 1.44. The number of ether oxygens (including phenoxy) is 1. The minimum Gasteiger partial charge on any atom is -0.383 e. The molecular formula is C12H16F2N2OS. The molecule has 18 heavy (non-hydrogen) atoms. The van der Waals surface area contributed by atoms with Crippen LogP contribution in [0.4, 0.5) is 8.78 Å². The summed E-state index contributed by atoms with van der Waals surface area (Å²) >= 11 is 5.04. The Morgan fingerprint density at radius 3 is 2.78 bits per heavy atom. The van der Waals surface area contributed by atoms with Crippen LogP contribution in [0.3, 0.4) is 0 Å². The number of methoxy groups -OCH3 is 1. The van der Waals surface area contributed by atoms with Crippen LogP contribution >= 0.6 is 12.2 Å². The molecule has 0 saturated carbocycles. The molecule has 0 fully saturated rings. The molecule has 0 aliphatic heterocycles. The quantitative estimate of drug-likeness (QED) is 0.636. The molecule has 0 radical (unpaired) electrons. The molecule has 1 aromatic rings. The SMILES string of the molecule is COCCNC(=S)N[C@@H](C)c1ccc(F)cc1F. The second-order valence-electron chi connectivity index (χ2n) is 3.78. The predicted octanol–water partition coefficient (Wildman–Crippen LogP) is 2.14. The molecule has 0 saturated heterocycles. The van der Waals surface area contributed by atoms with Gasteiger partial charge in [-0.1, -0.05) is 6.07 Å². The van der Waals surface area contributed by atoms with Crippen LogP contribution in [0.25, 0.3) is 0 Å². The molecule has 0 aromatic heterocycles. The van der Waals surface area contributed by atoms with E-state index in [4.69, 9.17) is 17.0 Å². The summed E-state index contributed by atoms with van der Waals surface area (Å²) in [4.78, 5) is 0. The van der Waals surface area contributed by atoms with Crippen LogP contribution < -0.4 is 10.6 Å². The topological polar surface area (TPSA) is 33.3 Å². The average molecular weight is 274 g/mol. The molecule has 6 heteroatoms. The van der Waals surface area contributed by atoms with Gasteiger partial charge in [0.2, 0.25) is 0 Å². The van der Waals surface area contributed by atoms with Crippen LogP contribution in [-0.2, 0) is 4.74 Å². The molecule has 0 bridgehead atoms. The Labute approximate surface area is 111 Å². The van der Waals surface area contributed by atoms with Gasteiger partial charge >= 0.3 is 0 Å². The van der Waals surface area contributed by atoms with Crippen molar-refractivity contribution in [2.75, 3.05) is 20.3 Å². The van der Waals surface area contributed by atoms with Crippen molar-refractivity contribution in [1.82, 2.24) is 10.6 Å². The first-order valence-electron chi connectivity index (χ1n) is 5.53. The lowest BCUT2D eigenvalue weighted by Crippen LogP contribution is -2.38. The number of thiocarbonyl (C=S) groups is 1. The summed E-state index contributed by atoms with van der Waals surface area (Å²) in [7, 11) is 1.59. The van der Waals surface area contributed by atoms with Gasteiger partial charge in [-0.2, -0.15) is 0 Å². The van der Waals surface area contributed by atoms with Gasteiger partial charge < -0.3 is 15.4 Å². The Balaban J connectivity index is 2.54. The maximum atomic E-state index is 13.5. The summed E-state index contributed by atoms with van der Waals surface area (Å²) < 4.78 is 31.1. The van der Waals surface area contributed by atoms with E-state index in [1.54, 1.807) is 14.0 Å². The molecule has 3 nitrogen and oxygen atoms in total. The summed E-state index contributed by atoms with van der Waals surface area (Å²) in [5.74, 6) is -1.18. The maximum Gasteiger partial charge on any atom is 0.166 e. The third-order valence-electron chi connectivity index (χ3n) is 2.37. The van der Waals surface area contributed by atoms with Crippen molar-refractivity contribution in [3.63, 3.8) is 0 Å². The largest absolute Gasteiger partial charge is 0.383 e.